The average Bonchev–Trinajstić information content (AvgIpc) is 3.21. The normalized spacial score (nSPS) is 13.4. The van der Waals surface area contributed by atoms with Crippen molar-refractivity contribution in [3.05, 3.63) is 57.0 Å². The highest BCUT2D eigenvalue weighted by Gasteiger charge is 2.12. The van der Waals surface area contributed by atoms with Gasteiger partial charge in [0.1, 0.15) is 16.3 Å². The number of likely N-dealkylation sites (N-methyl/N-ethyl adjacent to an activating group) is 1. The molecule has 0 amide bonds. The van der Waals surface area contributed by atoms with Gasteiger partial charge in [0, 0.05) is 13.0 Å². The predicted octanol–water partition coefficient (Wildman–Crippen LogP) is 2.59. The maximum atomic E-state index is 12.0. The molecule has 0 unspecified atom stereocenters. The number of aromatic nitrogens is 2. The van der Waals surface area contributed by atoms with Gasteiger partial charge < -0.3 is 9.72 Å². The number of fused-ring (bicyclic) bond motifs is 2. The van der Waals surface area contributed by atoms with Crippen molar-refractivity contribution in [2.24, 2.45) is 0 Å². The SMILES string of the molecule is CN(CCc1ccc2c(c1)CCO2)Cc1nc2ccsc2c(=O)[nH]1. The lowest BCUT2D eigenvalue weighted by molar-refractivity contribution is 0.322. The number of thiophene rings is 1. The van der Waals surface area contributed by atoms with Gasteiger partial charge in [0.15, 0.2) is 0 Å². The summed E-state index contributed by atoms with van der Waals surface area (Å²) in [5.74, 6) is 1.74. The Morgan fingerprint density at radius 2 is 2.29 bits per heavy atom. The van der Waals surface area contributed by atoms with Crippen LogP contribution in [0.5, 0.6) is 5.75 Å². The van der Waals surface area contributed by atoms with E-state index in [9.17, 15) is 4.79 Å². The number of rotatable bonds is 5. The Balaban J connectivity index is 1.40. The molecule has 124 valence electrons. The number of hydrogen-bond acceptors (Lipinski definition) is 5. The van der Waals surface area contributed by atoms with Gasteiger partial charge in [0.2, 0.25) is 0 Å². The van der Waals surface area contributed by atoms with Gasteiger partial charge >= 0.3 is 0 Å². The molecule has 0 spiro atoms. The Labute approximate surface area is 143 Å². The number of hydrogen-bond donors (Lipinski definition) is 1. The van der Waals surface area contributed by atoms with Gasteiger partial charge in [-0.1, -0.05) is 12.1 Å². The van der Waals surface area contributed by atoms with Crippen LogP contribution in [0.4, 0.5) is 0 Å². The van der Waals surface area contributed by atoms with Crippen LogP contribution in [0.3, 0.4) is 0 Å². The van der Waals surface area contributed by atoms with E-state index in [0.29, 0.717) is 11.2 Å². The summed E-state index contributed by atoms with van der Waals surface area (Å²) in [5.41, 5.74) is 3.37. The maximum Gasteiger partial charge on any atom is 0.268 e. The zero-order valence-electron chi connectivity index (χ0n) is 13.5. The van der Waals surface area contributed by atoms with Crippen molar-refractivity contribution in [1.82, 2.24) is 14.9 Å². The first kappa shape index (κ1) is 15.4. The van der Waals surface area contributed by atoms with Crippen LogP contribution < -0.4 is 10.3 Å². The Morgan fingerprint density at radius 1 is 1.38 bits per heavy atom. The number of aromatic amines is 1. The summed E-state index contributed by atoms with van der Waals surface area (Å²) in [6, 6.07) is 8.34. The molecule has 0 bridgehead atoms. The number of nitrogens with one attached hydrogen (secondary N) is 1. The molecule has 0 saturated carbocycles. The zero-order chi connectivity index (χ0) is 16.5. The lowest BCUT2D eigenvalue weighted by atomic mass is 10.1. The van der Waals surface area contributed by atoms with E-state index in [1.165, 1.54) is 22.5 Å². The Kier molecular flexibility index (Phi) is 4.08. The van der Waals surface area contributed by atoms with Gasteiger partial charge in [-0.2, -0.15) is 0 Å². The van der Waals surface area contributed by atoms with Gasteiger partial charge in [-0.25, -0.2) is 4.98 Å². The minimum atomic E-state index is -0.0444. The fourth-order valence-corrected chi connectivity index (χ4v) is 3.77. The lowest BCUT2D eigenvalue weighted by Crippen LogP contribution is -2.24. The van der Waals surface area contributed by atoms with Crippen LogP contribution >= 0.6 is 11.3 Å². The maximum absolute atomic E-state index is 12.0. The first-order valence-electron chi connectivity index (χ1n) is 8.08. The molecule has 2 aromatic heterocycles. The van der Waals surface area contributed by atoms with Crippen molar-refractivity contribution in [2.45, 2.75) is 19.4 Å². The van der Waals surface area contributed by atoms with Gasteiger partial charge in [0.05, 0.1) is 18.7 Å². The Hall–Kier alpha value is -2.18. The fraction of sp³-hybridized carbons (Fsp3) is 0.333. The van der Waals surface area contributed by atoms with E-state index in [1.54, 1.807) is 0 Å². The molecule has 6 heteroatoms. The van der Waals surface area contributed by atoms with Crippen LogP contribution in [-0.2, 0) is 19.4 Å². The number of benzene rings is 1. The third kappa shape index (κ3) is 3.07. The summed E-state index contributed by atoms with van der Waals surface area (Å²) >= 11 is 1.43. The molecule has 0 saturated heterocycles. The molecule has 3 aromatic rings. The summed E-state index contributed by atoms with van der Waals surface area (Å²) in [7, 11) is 2.05. The first-order chi connectivity index (χ1) is 11.7. The monoisotopic (exact) mass is 341 g/mol. The standard InChI is InChI=1S/C18H19N3O2S/c1-21(7-4-12-2-3-15-13(10-12)5-8-23-15)11-16-19-14-6-9-24-17(14)18(22)20-16/h2-3,6,9-10H,4-5,7-8,11H2,1H3,(H,19,20,22). The van der Waals surface area contributed by atoms with Crippen LogP contribution in [0.1, 0.15) is 17.0 Å². The van der Waals surface area contributed by atoms with Crippen molar-refractivity contribution in [1.29, 1.82) is 0 Å². The minimum absolute atomic E-state index is 0.0444. The van der Waals surface area contributed by atoms with Crippen molar-refractivity contribution >= 4 is 21.6 Å². The number of nitrogens with zero attached hydrogens (tertiary/aromatic N) is 2. The van der Waals surface area contributed by atoms with E-state index in [2.05, 4.69) is 33.1 Å². The summed E-state index contributed by atoms with van der Waals surface area (Å²) in [5, 5.41) is 1.90. The molecule has 4 rings (SSSR count). The largest absolute Gasteiger partial charge is 0.493 e. The molecule has 0 aliphatic carbocycles. The second-order valence-corrected chi connectivity index (χ2v) is 7.09. The highest BCUT2D eigenvalue weighted by molar-refractivity contribution is 7.17. The Morgan fingerprint density at radius 3 is 3.21 bits per heavy atom. The molecular weight excluding hydrogens is 322 g/mol. The quantitative estimate of drug-likeness (QED) is 0.775. The molecule has 0 radical (unpaired) electrons. The summed E-state index contributed by atoms with van der Waals surface area (Å²) < 4.78 is 6.24. The molecule has 1 aromatic carbocycles. The molecule has 3 heterocycles. The van der Waals surface area contributed by atoms with E-state index in [0.717, 1.165) is 43.1 Å². The molecule has 0 atom stereocenters. The van der Waals surface area contributed by atoms with Gasteiger partial charge in [0.25, 0.3) is 5.56 Å². The fourth-order valence-electron chi connectivity index (χ4n) is 3.05. The zero-order valence-corrected chi connectivity index (χ0v) is 14.4. The van der Waals surface area contributed by atoms with Crippen molar-refractivity contribution < 1.29 is 4.74 Å². The molecule has 1 N–H and O–H groups in total. The third-order valence-corrected chi connectivity index (χ3v) is 5.22. The van der Waals surface area contributed by atoms with Gasteiger partial charge in [-0.3, -0.25) is 9.69 Å². The van der Waals surface area contributed by atoms with Crippen LogP contribution in [0.2, 0.25) is 0 Å². The number of H-pyrrole nitrogens is 1. The third-order valence-electron chi connectivity index (χ3n) is 4.32. The van der Waals surface area contributed by atoms with Crippen LogP contribution in [0, 0.1) is 0 Å². The summed E-state index contributed by atoms with van der Waals surface area (Å²) in [6.45, 7) is 2.34. The lowest BCUT2D eigenvalue weighted by Gasteiger charge is -2.16. The van der Waals surface area contributed by atoms with Crippen molar-refractivity contribution in [3.8, 4) is 5.75 Å². The Bertz CT molecular complexity index is 931. The van der Waals surface area contributed by atoms with Gasteiger partial charge in [-0.05, 0) is 42.1 Å². The molecule has 5 nitrogen and oxygen atoms in total. The van der Waals surface area contributed by atoms with E-state index in [4.69, 9.17) is 4.74 Å². The molecule has 24 heavy (non-hydrogen) atoms. The molecule has 0 fully saturated rings. The molecule has 1 aliphatic rings. The van der Waals surface area contributed by atoms with Crippen LogP contribution in [0.15, 0.2) is 34.4 Å². The highest BCUT2D eigenvalue weighted by Crippen LogP contribution is 2.26. The molecule has 1 aliphatic heterocycles. The predicted molar refractivity (Wildman–Crippen MR) is 95.9 cm³/mol. The highest BCUT2D eigenvalue weighted by atomic mass is 32.1. The topological polar surface area (TPSA) is 58.2 Å². The number of ether oxygens (including phenoxy) is 1. The van der Waals surface area contributed by atoms with E-state index in [-0.39, 0.29) is 5.56 Å². The minimum Gasteiger partial charge on any atom is -0.493 e. The van der Waals surface area contributed by atoms with E-state index < -0.39 is 0 Å². The second kappa shape index (κ2) is 6.37. The van der Waals surface area contributed by atoms with Crippen molar-refractivity contribution in [2.75, 3.05) is 20.2 Å². The summed E-state index contributed by atoms with van der Waals surface area (Å²) in [6.07, 6.45) is 1.97. The van der Waals surface area contributed by atoms with Crippen molar-refractivity contribution in [3.63, 3.8) is 0 Å². The van der Waals surface area contributed by atoms with Gasteiger partial charge in [-0.15, -0.1) is 11.3 Å². The van der Waals surface area contributed by atoms with E-state index >= 15 is 0 Å². The van der Waals surface area contributed by atoms with Crippen LogP contribution in [0.25, 0.3) is 10.2 Å². The van der Waals surface area contributed by atoms with E-state index in [1.807, 2.05) is 18.5 Å². The smallest absolute Gasteiger partial charge is 0.268 e. The summed E-state index contributed by atoms with van der Waals surface area (Å²) in [4.78, 5) is 21.6. The van der Waals surface area contributed by atoms with Crippen LogP contribution in [-0.4, -0.2) is 35.1 Å². The molecular formula is C18H19N3O2S. The first-order valence-corrected chi connectivity index (χ1v) is 8.96. The average molecular weight is 341 g/mol. The second-order valence-electron chi connectivity index (χ2n) is 6.18.